The van der Waals surface area contributed by atoms with Gasteiger partial charge in [0.25, 0.3) is 0 Å². The predicted octanol–water partition coefficient (Wildman–Crippen LogP) is 6.29. The molecule has 20 heavy (non-hydrogen) atoms. The van der Waals surface area contributed by atoms with Gasteiger partial charge in [-0.2, -0.15) is 0 Å². The molecule has 1 nitrogen and oxygen atoms in total. The van der Waals surface area contributed by atoms with Crippen molar-refractivity contribution in [2.75, 3.05) is 0 Å². The summed E-state index contributed by atoms with van der Waals surface area (Å²) in [5.74, 6) is 0. The van der Waals surface area contributed by atoms with Crippen LogP contribution in [0.15, 0.2) is 24.3 Å². The Morgan fingerprint density at radius 2 is 1.45 bits per heavy atom. The molecule has 0 spiro atoms. The first-order valence-corrected chi connectivity index (χ1v) is 8.56. The highest BCUT2D eigenvalue weighted by molar-refractivity contribution is 6.31. The lowest BCUT2D eigenvalue weighted by Crippen LogP contribution is -1.98. The Morgan fingerprint density at radius 1 is 0.900 bits per heavy atom. The summed E-state index contributed by atoms with van der Waals surface area (Å²) in [6, 6.07) is 7.59. The van der Waals surface area contributed by atoms with Crippen LogP contribution in [0, 0.1) is 0 Å². The molecule has 0 saturated heterocycles. The van der Waals surface area contributed by atoms with Crippen LogP contribution in [0.3, 0.4) is 0 Å². The van der Waals surface area contributed by atoms with Crippen molar-refractivity contribution < 1.29 is 5.11 Å². The zero-order valence-corrected chi connectivity index (χ0v) is 13.5. The standard InChI is InChI=1S/C18H29ClO/c1-2-3-4-5-6-7-8-9-10-15-18(20)16-13-11-12-14-17(16)19/h11-14,18,20H,2-10,15H2,1H3. The molecule has 1 atom stereocenters. The van der Waals surface area contributed by atoms with Crippen molar-refractivity contribution in [1.82, 2.24) is 0 Å². The van der Waals surface area contributed by atoms with E-state index in [9.17, 15) is 5.11 Å². The topological polar surface area (TPSA) is 20.2 Å². The molecule has 1 aromatic rings. The molecular formula is C18H29ClO. The molecule has 0 aliphatic rings. The van der Waals surface area contributed by atoms with Gasteiger partial charge in [0.05, 0.1) is 6.10 Å². The second-order valence-corrected chi connectivity index (χ2v) is 6.06. The monoisotopic (exact) mass is 296 g/mol. The Labute approximate surface area is 129 Å². The highest BCUT2D eigenvalue weighted by atomic mass is 35.5. The van der Waals surface area contributed by atoms with Gasteiger partial charge >= 0.3 is 0 Å². The van der Waals surface area contributed by atoms with E-state index in [4.69, 9.17) is 11.6 Å². The number of halogens is 1. The summed E-state index contributed by atoms with van der Waals surface area (Å²) in [6.45, 7) is 2.25. The third-order valence-corrected chi connectivity index (χ3v) is 4.19. The first-order chi connectivity index (χ1) is 9.75. The van der Waals surface area contributed by atoms with Gasteiger partial charge in [-0.15, -0.1) is 0 Å². The predicted molar refractivity (Wildman–Crippen MR) is 88.3 cm³/mol. The quantitative estimate of drug-likeness (QED) is 0.475. The fraction of sp³-hybridized carbons (Fsp3) is 0.667. The van der Waals surface area contributed by atoms with E-state index in [1.54, 1.807) is 0 Å². The first kappa shape index (κ1) is 17.5. The van der Waals surface area contributed by atoms with Gasteiger partial charge < -0.3 is 5.11 Å². The maximum atomic E-state index is 10.1. The van der Waals surface area contributed by atoms with E-state index in [0.29, 0.717) is 5.02 Å². The molecule has 0 bridgehead atoms. The lowest BCUT2D eigenvalue weighted by atomic mass is 10.0. The van der Waals surface area contributed by atoms with Crippen LogP contribution >= 0.6 is 11.6 Å². The van der Waals surface area contributed by atoms with Crippen molar-refractivity contribution in [2.45, 2.75) is 77.2 Å². The van der Waals surface area contributed by atoms with E-state index in [-0.39, 0.29) is 0 Å². The highest BCUT2D eigenvalue weighted by Gasteiger charge is 2.10. The fourth-order valence-electron chi connectivity index (χ4n) is 2.55. The largest absolute Gasteiger partial charge is 0.388 e. The molecule has 0 aromatic heterocycles. The lowest BCUT2D eigenvalue weighted by molar-refractivity contribution is 0.163. The fourth-order valence-corrected chi connectivity index (χ4v) is 2.81. The number of hydrogen-bond acceptors (Lipinski definition) is 1. The summed E-state index contributed by atoms with van der Waals surface area (Å²) in [5.41, 5.74) is 0.869. The van der Waals surface area contributed by atoms with E-state index < -0.39 is 6.10 Å². The molecular weight excluding hydrogens is 268 g/mol. The van der Waals surface area contributed by atoms with Gasteiger partial charge in [0.15, 0.2) is 0 Å². The second-order valence-electron chi connectivity index (χ2n) is 5.65. The summed E-state index contributed by atoms with van der Waals surface area (Å²) < 4.78 is 0. The zero-order chi connectivity index (χ0) is 14.6. The Kier molecular flexibility index (Phi) is 9.78. The summed E-state index contributed by atoms with van der Waals surface area (Å²) in [4.78, 5) is 0. The van der Waals surface area contributed by atoms with Gasteiger partial charge in [-0.1, -0.05) is 94.5 Å². The van der Waals surface area contributed by atoms with E-state index >= 15 is 0 Å². The van der Waals surface area contributed by atoms with Gasteiger partial charge in [-0.3, -0.25) is 0 Å². The second kappa shape index (κ2) is 11.2. The third kappa shape index (κ3) is 7.31. The molecule has 0 radical (unpaired) electrons. The minimum Gasteiger partial charge on any atom is -0.388 e. The van der Waals surface area contributed by atoms with Crippen LogP contribution in [0.1, 0.15) is 82.8 Å². The maximum absolute atomic E-state index is 10.1. The van der Waals surface area contributed by atoms with Crippen LogP contribution in [0.5, 0.6) is 0 Å². The van der Waals surface area contributed by atoms with Crippen molar-refractivity contribution in [1.29, 1.82) is 0 Å². The molecule has 0 fully saturated rings. The summed E-state index contributed by atoms with van der Waals surface area (Å²) in [5, 5.41) is 10.8. The Hall–Kier alpha value is -0.530. The van der Waals surface area contributed by atoms with Gasteiger partial charge in [0, 0.05) is 5.02 Å². The number of aliphatic hydroxyl groups is 1. The van der Waals surface area contributed by atoms with Crippen LogP contribution in [0.25, 0.3) is 0 Å². The Morgan fingerprint density at radius 3 is 2.05 bits per heavy atom. The number of unbranched alkanes of at least 4 members (excludes halogenated alkanes) is 8. The zero-order valence-electron chi connectivity index (χ0n) is 12.8. The summed E-state index contributed by atoms with van der Waals surface area (Å²) >= 11 is 6.08. The van der Waals surface area contributed by atoms with Gasteiger partial charge in [-0.05, 0) is 18.1 Å². The smallest absolute Gasteiger partial charge is 0.0804 e. The lowest BCUT2D eigenvalue weighted by Gasteiger charge is -2.12. The molecule has 0 amide bonds. The van der Waals surface area contributed by atoms with Gasteiger partial charge in [-0.25, -0.2) is 0 Å². The van der Waals surface area contributed by atoms with Crippen LogP contribution in [0.2, 0.25) is 5.02 Å². The molecule has 1 N–H and O–H groups in total. The van der Waals surface area contributed by atoms with E-state index in [1.165, 1.54) is 51.4 Å². The number of aliphatic hydroxyl groups excluding tert-OH is 1. The molecule has 1 rings (SSSR count). The molecule has 2 heteroatoms. The van der Waals surface area contributed by atoms with Gasteiger partial charge in [0.1, 0.15) is 0 Å². The molecule has 114 valence electrons. The summed E-state index contributed by atoms with van der Waals surface area (Å²) in [7, 11) is 0. The van der Waals surface area contributed by atoms with Crippen LogP contribution in [0.4, 0.5) is 0 Å². The van der Waals surface area contributed by atoms with Crippen molar-refractivity contribution in [3.8, 4) is 0 Å². The Balaban J connectivity index is 2.03. The molecule has 1 aromatic carbocycles. The first-order valence-electron chi connectivity index (χ1n) is 8.18. The van der Waals surface area contributed by atoms with Crippen molar-refractivity contribution in [2.24, 2.45) is 0 Å². The van der Waals surface area contributed by atoms with Crippen molar-refractivity contribution in [3.63, 3.8) is 0 Å². The number of benzene rings is 1. The van der Waals surface area contributed by atoms with Crippen LogP contribution in [-0.4, -0.2) is 5.11 Å². The maximum Gasteiger partial charge on any atom is 0.0804 e. The summed E-state index contributed by atoms with van der Waals surface area (Å²) in [6.07, 6.45) is 12.2. The molecule has 0 saturated carbocycles. The average Bonchev–Trinajstić information content (AvgIpc) is 2.46. The minimum atomic E-state index is -0.409. The number of rotatable bonds is 11. The minimum absolute atomic E-state index is 0.409. The molecule has 0 aliphatic carbocycles. The van der Waals surface area contributed by atoms with Crippen LogP contribution < -0.4 is 0 Å². The molecule has 0 aliphatic heterocycles. The SMILES string of the molecule is CCCCCCCCCCCC(O)c1ccccc1Cl. The van der Waals surface area contributed by atoms with Crippen LogP contribution in [-0.2, 0) is 0 Å². The average molecular weight is 297 g/mol. The van der Waals surface area contributed by atoms with Crippen molar-refractivity contribution >= 4 is 11.6 Å². The Bertz CT molecular complexity index is 351. The molecule has 1 unspecified atom stereocenters. The van der Waals surface area contributed by atoms with E-state index in [0.717, 1.165) is 18.4 Å². The van der Waals surface area contributed by atoms with E-state index in [2.05, 4.69) is 6.92 Å². The third-order valence-electron chi connectivity index (χ3n) is 3.85. The number of hydrogen-bond donors (Lipinski definition) is 1. The van der Waals surface area contributed by atoms with Gasteiger partial charge in [0.2, 0.25) is 0 Å². The molecule has 0 heterocycles. The highest BCUT2D eigenvalue weighted by Crippen LogP contribution is 2.26. The van der Waals surface area contributed by atoms with E-state index in [1.807, 2.05) is 24.3 Å². The van der Waals surface area contributed by atoms with Crippen molar-refractivity contribution in [3.05, 3.63) is 34.9 Å². The normalized spacial score (nSPS) is 12.6.